The molecule has 0 aliphatic heterocycles. The van der Waals surface area contributed by atoms with Crippen LogP contribution in [0.3, 0.4) is 0 Å². The summed E-state index contributed by atoms with van der Waals surface area (Å²) in [5.74, 6) is 1.05. The molecule has 0 spiro atoms. The molecule has 2 N–H and O–H groups in total. The second-order valence-electron chi connectivity index (χ2n) is 5.00. The number of nitrogens with two attached hydrogens (primary N) is 1. The fraction of sp³-hybridized carbons (Fsp3) is 0.571. The standard InChI is InChI=1S/C14H20ClNOS/c15-12-8-4-5-9-14(12)18(17)10-13(16)11-6-2-1-3-7-11/h4-5,8-9,11,13H,1-3,6-7,10,16H2. The molecule has 2 nitrogen and oxygen atoms in total. The topological polar surface area (TPSA) is 43.1 Å². The molecule has 1 saturated carbocycles. The summed E-state index contributed by atoms with van der Waals surface area (Å²) in [6, 6.07) is 7.35. The van der Waals surface area contributed by atoms with E-state index < -0.39 is 10.8 Å². The minimum absolute atomic E-state index is 0.0300. The van der Waals surface area contributed by atoms with Gasteiger partial charge in [-0.2, -0.15) is 0 Å². The van der Waals surface area contributed by atoms with E-state index in [2.05, 4.69) is 0 Å². The van der Waals surface area contributed by atoms with Crippen molar-refractivity contribution in [2.75, 3.05) is 5.75 Å². The van der Waals surface area contributed by atoms with Gasteiger partial charge < -0.3 is 5.73 Å². The van der Waals surface area contributed by atoms with Crippen LogP contribution in [0.1, 0.15) is 32.1 Å². The van der Waals surface area contributed by atoms with Crippen molar-refractivity contribution in [2.24, 2.45) is 11.7 Å². The second kappa shape index (κ2) is 6.69. The highest BCUT2D eigenvalue weighted by molar-refractivity contribution is 7.85. The van der Waals surface area contributed by atoms with Gasteiger partial charge in [0.05, 0.1) is 20.7 Å². The Bertz CT molecular complexity index is 418. The molecular formula is C14H20ClNOS. The van der Waals surface area contributed by atoms with E-state index in [0.29, 0.717) is 21.6 Å². The Morgan fingerprint density at radius 3 is 2.61 bits per heavy atom. The Balaban J connectivity index is 1.96. The second-order valence-corrected chi connectivity index (χ2v) is 6.88. The van der Waals surface area contributed by atoms with Crippen molar-refractivity contribution in [1.82, 2.24) is 0 Å². The average molecular weight is 286 g/mol. The molecule has 0 heterocycles. The van der Waals surface area contributed by atoms with E-state index >= 15 is 0 Å². The van der Waals surface area contributed by atoms with E-state index in [1.807, 2.05) is 18.2 Å². The summed E-state index contributed by atoms with van der Waals surface area (Å²) in [4.78, 5) is 0.713. The van der Waals surface area contributed by atoms with Crippen LogP contribution in [0.5, 0.6) is 0 Å². The molecule has 2 unspecified atom stereocenters. The van der Waals surface area contributed by atoms with E-state index in [1.54, 1.807) is 6.07 Å². The molecule has 18 heavy (non-hydrogen) atoms. The van der Waals surface area contributed by atoms with Crippen LogP contribution in [-0.2, 0) is 10.8 Å². The zero-order valence-corrected chi connectivity index (χ0v) is 12.1. The summed E-state index contributed by atoms with van der Waals surface area (Å²) < 4.78 is 12.3. The number of benzene rings is 1. The highest BCUT2D eigenvalue weighted by Crippen LogP contribution is 2.27. The van der Waals surface area contributed by atoms with Crippen LogP contribution in [0.15, 0.2) is 29.2 Å². The molecule has 2 rings (SSSR count). The fourth-order valence-electron chi connectivity index (χ4n) is 2.59. The summed E-state index contributed by atoms with van der Waals surface area (Å²) in [5.41, 5.74) is 6.20. The average Bonchev–Trinajstić information content (AvgIpc) is 2.40. The van der Waals surface area contributed by atoms with Crippen LogP contribution in [0.2, 0.25) is 5.02 Å². The van der Waals surface area contributed by atoms with E-state index in [0.717, 1.165) is 0 Å². The molecule has 4 heteroatoms. The van der Waals surface area contributed by atoms with Crippen molar-refractivity contribution < 1.29 is 4.21 Å². The summed E-state index contributed by atoms with van der Waals surface area (Å²) >= 11 is 6.05. The fourth-order valence-corrected chi connectivity index (χ4v) is 4.30. The van der Waals surface area contributed by atoms with Gasteiger partial charge in [-0.15, -0.1) is 0 Å². The van der Waals surface area contributed by atoms with Crippen molar-refractivity contribution in [3.05, 3.63) is 29.3 Å². The van der Waals surface area contributed by atoms with Crippen molar-refractivity contribution >= 4 is 22.4 Å². The molecule has 2 atom stereocenters. The summed E-state index contributed by atoms with van der Waals surface area (Å²) in [6.45, 7) is 0. The number of hydrogen-bond acceptors (Lipinski definition) is 2. The molecule has 1 aliphatic rings. The smallest absolute Gasteiger partial charge is 0.0574 e. The third-order valence-electron chi connectivity index (χ3n) is 3.68. The van der Waals surface area contributed by atoms with Gasteiger partial charge in [-0.05, 0) is 30.9 Å². The van der Waals surface area contributed by atoms with Gasteiger partial charge in [-0.1, -0.05) is 43.0 Å². The number of hydrogen-bond donors (Lipinski definition) is 1. The zero-order valence-electron chi connectivity index (χ0n) is 10.5. The van der Waals surface area contributed by atoms with Crippen LogP contribution in [0.4, 0.5) is 0 Å². The molecule has 0 saturated heterocycles. The number of halogens is 1. The maximum Gasteiger partial charge on any atom is 0.0574 e. The predicted octanol–water partition coefficient (Wildman–Crippen LogP) is 3.36. The highest BCUT2D eigenvalue weighted by atomic mass is 35.5. The van der Waals surface area contributed by atoms with Gasteiger partial charge in [-0.3, -0.25) is 4.21 Å². The molecule has 0 aromatic heterocycles. The van der Waals surface area contributed by atoms with Crippen LogP contribution in [0, 0.1) is 5.92 Å². The van der Waals surface area contributed by atoms with Gasteiger partial charge in [-0.25, -0.2) is 0 Å². The van der Waals surface area contributed by atoms with Gasteiger partial charge in [0.15, 0.2) is 0 Å². The van der Waals surface area contributed by atoms with Gasteiger partial charge in [0.2, 0.25) is 0 Å². The Labute approximate surface area is 116 Å². The van der Waals surface area contributed by atoms with E-state index in [-0.39, 0.29) is 6.04 Å². The summed E-state index contributed by atoms with van der Waals surface area (Å²) in [7, 11) is -1.08. The van der Waals surface area contributed by atoms with E-state index in [4.69, 9.17) is 17.3 Å². The Kier molecular flexibility index (Phi) is 5.22. The first-order chi connectivity index (χ1) is 8.68. The molecule has 0 bridgehead atoms. The van der Waals surface area contributed by atoms with Crippen molar-refractivity contribution in [1.29, 1.82) is 0 Å². The third-order valence-corrected chi connectivity index (χ3v) is 5.66. The quantitative estimate of drug-likeness (QED) is 0.922. The normalized spacial score (nSPS) is 20.6. The molecule has 1 aliphatic carbocycles. The molecule has 1 aromatic carbocycles. The van der Waals surface area contributed by atoms with E-state index in [1.165, 1.54) is 32.1 Å². The lowest BCUT2D eigenvalue weighted by atomic mass is 9.85. The van der Waals surface area contributed by atoms with Gasteiger partial charge >= 0.3 is 0 Å². The van der Waals surface area contributed by atoms with Crippen molar-refractivity contribution in [2.45, 2.75) is 43.0 Å². The Hall–Kier alpha value is -0.380. The van der Waals surface area contributed by atoms with Crippen molar-refractivity contribution in [3.8, 4) is 0 Å². The van der Waals surface area contributed by atoms with Gasteiger partial charge in [0, 0.05) is 11.8 Å². The van der Waals surface area contributed by atoms with Crippen LogP contribution >= 0.6 is 11.6 Å². The maximum absolute atomic E-state index is 12.3. The molecule has 0 amide bonds. The largest absolute Gasteiger partial charge is 0.327 e. The first-order valence-electron chi connectivity index (χ1n) is 6.57. The minimum Gasteiger partial charge on any atom is -0.327 e. The van der Waals surface area contributed by atoms with Crippen LogP contribution in [0.25, 0.3) is 0 Å². The SMILES string of the molecule is NC(CS(=O)c1ccccc1Cl)C1CCCCC1. The molecule has 100 valence electrons. The lowest BCUT2D eigenvalue weighted by molar-refractivity contribution is 0.318. The predicted molar refractivity (Wildman–Crippen MR) is 77.3 cm³/mol. The van der Waals surface area contributed by atoms with Gasteiger partial charge in [0.1, 0.15) is 0 Å². The van der Waals surface area contributed by atoms with Gasteiger partial charge in [0.25, 0.3) is 0 Å². The number of rotatable bonds is 4. The van der Waals surface area contributed by atoms with Crippen LogP contribution < -0.4 is 5.73 Å². The first kappa shape index (κ1) is 14.0. The molecular weight excluding hydrogens is 266 g/mol. The van der Waals surface area contributed by atoms with Crippen LogP contribution in [-0.4, -0.2) is 16.0 Å². The summed E-state index contributed by atoms with van der Waals surface area (Å²) in [6.07, 6.45) is 6.20. The summed E-state index contributed by atoms with van der Waals surface area (Å²) in [5, 5.41) is 0.576. The monoisotopic (exact) mass is 285 g/mol. The zero-order chi connectivity index (χ0) is 13.0. The molecule has 1 aromatic rings. The minimum atomic E-state index is -1.08. The van der Waals surface area contributed by atoms with E-state index in [9.17, 15) is 4.21 Å². The Morgan fingerprint density at radius 1 is 1.28 bits per heavy atom. The lowest BCUT2D eigenvalue weighted by Crippen LogP contribution is -2.36. The molecule has 1 fully saturated rings. The van der Waals surface area contributed by atoms with Crippen molar-refractivity contribution in [3.63, 3.8) is 0 Å². The first-order valence-corrected chi connectivity index (χ1v) is 8.26. The third kappa shape index (κ3) is 3.56. The molecule has 0 radical (unpaired) electrons. The Morgan fingerprint density at radius 2 is 1.94 bits per heavy atom. The lowest BCUT2D eigenvalue weighted by Gasteiger charge is -2.27. The highest BCUT2D eigenvalue weighted by Gasteiger charge is 2.23. The maximum atomic E-state index is 12.3.